The summed E-state index contributed by atoms with van der Waals surface area (Å²) in [5.41, 5.74) is 2.83. The van der Waals surface area contributed by atoms with Crippen LogP contribution in [0.4, 0.5) is 0 Å². The highest BCUT2D eigenvalue weighted by atomic mass is 16.2. The molecule has 2 heterocycles. The average Bonchev–Trinajstić information content (AvgIpc) is 2.83. The lowest BCUT2D eigenvalue weighted by Crippen LogP contribution is -2.60. The fourth-order valence-corrected chi connectivity index (χ4v) is 9.07. The number of benzene rings is 1. The van der Waals surface area contributed by atoms with Crippen molar-refractivity contribution in [3.8, 4) is 0 Å². The Kier molecular flexibility index (Phi) is 5.57. The van der Waals surface area contributed by atoms with Crippen LogP contribution in [0.15, 0.2) is 24.3 Å². The zero-order valence-electron chi connectivity index (χ0n) is 21.2. The summed E-state index contributed by atoms with van der Waals surface area (Å²) in [5, 5.41) is 0. The van der Waals surface area contributed by atoms with E-state index in [4.69, 9.17) is 0 Å². The number of carbonyl (C=O) groups is 2. The molecule has 2 saturated heterocycles. The van der Waals surface area contributed by atoms with Crippen LogP contribution >= 0.6 is 0 Å². The topological polar surface area (TPSA) is 40.6 Å². The molecule has 4 saturated carbocycles. The van der Waals surface area contributed by atoms with Gasteiger partial charge in [-0.15, -0.1) is 0 Å². The Bertz CT molecular complexity index is 931. The minimum atomic E-state index is -0.159. The van der Waals surface area contributed by atoms with Gasteiger partial charge in [0.2, 0.25) is 11.8 Å². The second-order valence-corrected chi connectivity index (χ2v) is 13.0. The van der Waals surface area contributed by atoms with Gasteiger partial charge in [0, 0.05) is 32.1 Å². The summed E-state index contributed by atoms with van der Waals surface area (Å²) in [5.74, 6) is 2.92. The van der Waals surface area contributed by atoms with Crippen LogP contribution in [0, 0.1) is 36.0 Å². The van der Waals surface area contributed by atoms with E-state index in [2.05, 4.69) is 47.9 Å². The number of likely N-dealkylation sites (tertiary alicyclic amines) is 2. The number of rotatable bonds is 3. The van der Waals surface area contributed by atoms with Crippen LogP contribution in [-0.4, -0.2) is 47.8 Å². The van der Waals surface area contributed by atoms with Crippen molar-refractivity contribution >= 4 is 11.8 Å². The summed E-state index contributed by atoms with van der Waals surface area (Å²) in [7, 11) is 0. The molecule has 2 amide bonds. The van der Waals surface area contributed by atoms with Gasteiger partial charge in [-0.2, -0.15) is 0 Å². The third kappa shape index (κ3) is 3.80. The largest absolute Gasteiger partial charge is 0.342 e. The van der Waals surface area contributed by atoms with Crippen LogP contribution < -0.4 is 0 Å². The summed E-state index contributed by atoms with van der Waals surface area (Å²) >= 11 is 0. The number of piperidine rings is 2. The monoisotopic (exact) mass is 462 g/mol. The van der Waals surface area contributed by atoms with Crippen molar-refractivity contribution in [3.63, 3.8) is 0 Å². The molecule has 34 heavy (non-hydrogen) atoms. The van der Waals surface area contributed by atoms with E-state index in [9.17, 15) is 9.59 Å². The lowest BCUT2D eigenvalue weighted by molar-refractivity contribution is -0.162. The molecule has 4 bridgehead atoms. The predicted octanol–water partition coefficient (Wildman–Crippen LogP) is 5.33. The molecule has 1 aromatic rings. The standard InChI is InChI=1S/C30H42N2O2/c1-21-5-7-26(8-6-21)29-15-23-14-24(16-29)18-30(17-23,20-29)28(34)31-12-9-25(10-13-31)27(33)32-11-3-4-22(2)19-32/h5-8,22-25H,3-4,9-20H2,1-2H3. The second-order valence-electron chi connectivity index (χ2n) is 13.0. The predicted molar refractivity (Wildman–Crippen MR) is 134 cm³/mol. The van der Waals surface area contributed by atoms with Gasteiger partial charge < -0.3 is 9.80 Å². The molecule has 0 aromatic heterocycles. The average molecular weight is 463 g/mol. The Labute approximate surface area is 205 Å². The molecule has 184 valence electrons. The molecule has 3 atom stereocenters. The maximum absolute atomic E-state index is 14.1. The van der Waals surface area contributed by atoms with Crippen LogP contribution in [0.5, 0.6) is 0 Å². The van der Waals surface area contributed by atoms with Crippen LogP contribution in [0.25, 0.3) is 0 Å². The molecule has 2 aliphatic heterocycles. The van der Waals surface area contributed by atoms with Crippen molar-refractivity contribution in [2.45, 2.75) is 83.5 Å². The van der Waals surface area contributed by atoms with Crippen molar-refractivity contribution in [1.82, 2.24) is 9.80 Å². The van der Waals surface area contributed by atoms with Crippen molar-refractivity contribution in [2.75, 3.05) is 26.2 Å². The summed E-state index contributed by atoms with van der Waals surface area (Å²) in [6.07, 6.45) is 11.2. The molecule has 7 rings (SSSR count). The first-order valence-electron chi connectivity index (χ1n) is 14.0. The van der Waals surface area contributed by atoms with Gasteiger partial charge in [-0.3, -0.25) is 9.59 Å². The van der Waals surface area contributed by atoms with Gasteiger partial charge in [-0.05, 0) is 99.9 Å². The van der Waals surface area contributed by atoms with E-state index in [-0.39, 0.29) is 16.7 Å². The van der Waals surface area contributed by atoms with Gasteiger partial charge in [0.25, 0.3) is 0 Å². The van der Waals surface area contributed by atoms with E-state index in [0.29, 0.717) is 29.6 Å². The first-order chi connectivity index (χ1) is 16.4. The fourth-order valence-electron chi connectivity index (χ4n) is 9.07. The Morgan fingerprint density at radius 1 is 0.882 bits per heavy atom. The normalized spacial score (nSPS) is 37.8. The third-order valence-corrected chi connectivity index (χ3v) is 10.3. The van der Waals surface area contributed by atoms with E-state index in [1.165, 1.54) is 36.8 Å². The molecule has 4 nitrogen and oxygen atoms in total. The molecular weight excluding hydrogens is 420 g/mol. The summed E-state index contributed by atoms with van der Waals surface area (Å²) < 4.78 is 0. The number of carbonyl (C=O) groups excluding carboxylic acids is 2. The van der Waals surface area contributed by atoms with Crippen molar-refractivity contribution in [1.29, 1.82) is 0 Å². The molecule has 0 spiro atoms. The lowest BCUT2D eigenvalue weighted by Gasteiger charge is -2.62. The van der Waals surface area contributed by atoms with Crippen LogP contribution in [0.3, 0.4) is 0 Å². The molecule has 4 aliphatic carbocycles. The van der Waals surface area contributed by atoms with E-state index in [1.54, 1.807) is 0 Å². The first kappa shape index (κ1) is 22.6. The summed E-state index contributed by atoms with van der Waals surface area (Å²) in [4.78, 5) is 31.6. The maximum Gasteiger partial charge on any atom is 0.228 e. The van der Waals surface area contributed by atoms with Gasteiger partial charge in [0.1, 0.15) is 0 Å². The van der Waals surface area contributed by atoms with Crippen LogP contribution in [-0.2, 0) is 15.0 Å². The molecule has 0 N–H and O–H groups in total. The number of aryl methyl sites for hydroxylation is 1. The van der Waals surface area contributed by atoms with Gasteiger partial charge in [0.05, 0.1) is 5.41 Å². The molecule has 6 fully saturated rings. The van der Waals surface area contributed by atoms with Crippen LogP contribution in [0.2, 0.25) is 0 Å². The lowest BCUT2D eigenvalue weighted by atomic mass is 9.42. The smallest absolute Gasteiger partial charge is 0.228 e. The van der Waals surface area contributed by atoms with E-state index >= 15 is 0 Å². The SMILES string of the molecule is Cc1ccc(C23CC4CC(CC(C(=O)N5CCC(C(=O)N6CCCC(C)C6)CC5)(C4)C2)C3)cc1. The minimum absolute atomic E-state index is 0.115. The van der Waals surface area contributed by atoms with Crippen molar-refractivity contribution in [3.05, 3.63) is 35.4 Å². The highest BCUT2D eigenvalue weighted by Crippen LogP contribution is 2.66. The van der Waals surface area contributed by atoms with E-state index < -0.39 is 0 Å². The Morgan fingerprint density at radius 2 is 1.56 bits per heavy atom. The molecule has 3 unspecified atom stereocenters. The Morgan fingerprint density at radius 3 is 2.21 bits per heavy atom. The van der Waals surface area contributed by atoms with Gasteiger partial charge in [-0.1, -0.05) is 36.8 Å². The number of hydrogen-bond donors (Lipinski definition) is 0. The van der Waals surface area contributed by atoms with E-state index in [0.717, 1.165) is 64.7 Å². The summed E-state index contributed by atoms with van der Waals surface area (Å²) in [6.45, 7) is 7.81. The molecular formula is C30H42N2O2. The second kappa shape index (κ2) is 8.38. The fraction of sp³-hybridized carbons (Fsp3) is 0.733. The Balaban J connectivity index is 1.15. The number of hydrogen-bond acceptors (Lipinski definition) is 2. The van der Waals surface area contributed by atoms with Gasteiger partial charge in [0.15, 0.2) is 0 Å². The zero-order chi connectivity index (χ0) is 23.5. The molecule has 0 radical (unpaired) electrons. The highest BCUT2D eigenvalue weighted by Gasteiger charge is 2.61. The van der Waals surface area contributed by atoms with Gasteiger partial charge >= 0.3 is 0 Å². The number of nitrogens with zero attached hydrogens (tertiary/aromatic N) is 2. The van der Waals surface area contributed by atoms with Crippen LogP contribution in [0.1, 0.15) is 82.3 Å². The quantitative estimate of drug-likeness (QED) is 0.609. The van der Waals surface area contributed by atoms with Crippen molar-refractivity contribution < 1.29 is 9.59 Å². The third-order valence-electron chi connectivity index (χ3n) is 10.3. The van der Waals surface area contributed by atoms with Crippen molar-refractivity contribution in [2.24, 2.45) is 29.1 Å². The molecule has 6 aliphatic rings. The maximum atomic E-state index is 14.1. The van der Waals surface area contributed by atoms with Gasteiger partial charge in [-0.25, -0.2) is 0 Å². The zero-order valence-corrected chi connectivity index (χ0v) is 21.2. The molecule has 4 heteroatoms. The molecule has 1 aromatic carbocycles. The first-order valence-corrected chi connectivity index (χ1v) is 14.0. The van der Waals surface area contributed by atoms with E-state index in [1.807, 2.05) is 0 Å². The number of amides is 2. The summed E-state index contributed by atoms with van der Waals surface area (Å²) in [6, 6.07) is 9.21. The highest BCUT2D eigenvalue weighted by molar-refractivity contribution is 5.84. The Hall–Kier alpha value is -1.84. The minimum Gasteiger partial charge on any atom is -0.342 e.